The van der Waals surface area contributed by atoms with Crippen molar-refractivity contribution in [1.29, 1.82) is 0 Å². The van der Waals surface area contributed by atoms with E-state index in [4.69, 9.17) is 11.2 Å². The summed E-state index contributed by atoms with van der Waals surface area (Å²) in [7, 11) is 0. The van der Waals surface area contributed by atoms with Gasteiger partial charge in [0.25, 0.3) is 0 Å². The maximum Gasteiger partial charge on any atom is 0.123 e. The molecule has 0 heterocycles. The van der Waals surface area contributed by atoms with E-state index in [0.29, 0.717) is 25.4 Å². The highest BCUT2D eigenvalue weighted by molar-refractivity contribution is 5.22. The van der Waals surface area contributed by atoms with Crippen LogP contribution >= 0.6 is 0 Å². The summed E-state index contributed by atoms with van der Waals surface area (Å²) in [5, 5.41) is 9.90. The van der Waals surface area contributed by atoms with Gasteiger partial charge in [0, 0.05) is 6.54 Å². The molecule has 106 valence electrons. The number of aliphatic hydroxyl groups excluding tert-OH is 1. The van der Waals surface area contributed by atoms with Crippen LogP contribution in [0.15, 0.2) is 24.3 Å². The van der Waals surface area contributed by atoms with Gasteiger partial charge in [-0.1, -0.05) is 11.8 Å². The van der Waals surface area contributed by atoms with Gasteiger partial charge in [0.05, 0.1) is 13.1 Å². The predicted molar refractivity (Wildman–Crippen MR) is 76.6 cm³/mol. The highest BCUT2D eigenvalue weighted by Gasteiger charge is 2.11. The molecular weight excluding hydrogens is 257 g/mol. The summed E-state index contributed by atoms with van der Waals surface area (Å²) in [6.45, 7) is 3.17. The van der Waals surface area contributed by atoms with E-state index in [1.807, 2.05) is 4.90 Å². The molecule has 0 fully saturated rings. The third-order valence-electron chi connectivity index (χ3n) is 2.52. The Morgan fingerprint density at radius 3 is 2.65 bits per heavy atom. The molecule has 0 aromatic heterocycles. The van der Waals surface area contributed by atoms with Gasteiger partial charge in [0.1, 0.15) is 24.3 Å². The summed E-state index contributed by atoms with van der Waals surface area (Å²) in [5.74, 6) is 8.41. The van der Waals surface area contributed by atoms with Crippen molar-refractivity contribution in [2.45, 2.75) is 13.0 Å². The fraction of sp³-hybridized carbons (Fsp3) is 0.375. The van der Waals surface area contributed by atoms with Crippen molar-refractivity contribution >= 4 is 0 Å². The van der Waals surface area contributed by atoms with Gasteiger partial charge in [-0.25, -0.2) is 4.39 Å². The molecule has 0 aliphatic carbocycles. The van der Waals surface area contributed by atoms with Crippen molar-refractivity contribution < 1.29 is 14.2 Å². The Hall–Kier alpha value is -2.01. The summed E-state index contributed by atoms with van der Waals surface area (Å²) in [6.07, 6.45) is 4.58. The van der Waals surface area contributed by atoms with E-state index < -0.39 is 6.10 Å². The van der Waals surface area contributed by atoms with Crippen LogP contribution < -0.4 is 4.74 Å². The molecule has 0 radical (unpaired) electrons. The average molecular weight is 275 g/mol. The van der Waals surface area contributed by atoms with E-state index in [1.54, 1.807) is 6.92 Å². The zero-order chi connectivity index (χ0) is 14.8. The molecule has 0 spiro atoms. The Labute approximate surface area is 119 Å². The minimum Gasteiger partial charge on any atom is -0.491 e. The van der Waals surface area contributed by atoms with Crippen LogP contribution in [0.2, 0.25) is 0 Å². The number of rotatable bonds is 7. The van der Waals surface area contributed by atoms with Gasteiger partial charge >= 0.3 is 0 Å². The Morgan fingerprint density at radius 1 is 1.35 bits per heavy atom. The van der Waals surface area contributed by atoms with Gasteiger partial charge < -0.3 is 9.84 Å². The summed E-state index contributed by atoms with van der Waals surface area (Å²) in [6, 6.07) is 5.65. The number of terminal acetylenes is 1. The normalized spacial score (nSPS) is 11.3. The van der Waals surface area contributed by atoms with Gasteiger partial charge in [-0.05, 0) is 31.2 Å². The zero-order valence-corrected chi connectivity index (χ0v) is 11.5. The Bertz CT molecular complexity index is 496. The highest BCUT2D eigenvalue weighted by Crippen LogP contribution is 2.11. The molecule has 0 bridgehead atoms. The molecule has 0 saturated carbocycles. The number of aliphatic hydroxyl groups is 1. The van der Waals surface area contributed by atoms with Crippen LogP contribution in [0, 0.1) is 30.0 Å². The smallest absolute Gasteiger partial charge is 0.123 e. The second-order valence-electron chi connectivity index (χ2n) is 4.22. The molecule has 0 amide bonds. The highest BCUT2D eigenvalue weighted by atomic mass is 19.1. The number of benzene rings is 1. The van der Waals surface area contributed by atoms with Crippen LogP contribution in [-0.2, 0) is 0 Å². The molecular formula is C16H18FNO2. The molecule has 1 N–H and O–H groups in total. The Balaban J connectivity index is 2.40. The van der Waals surface area contributed by atoms with Crippen LogP contribution in [-0.4, -0.2) is 42.4 Å². The summed E-state index contributed by atoms with van der Waals surface area (Å²) < 4.78 is 18.1. The van der Waals surface area contributed by atoms with Gasteiger partial charge in [-0.15, -0.1) is 12.3 Å². The first-order valence-electron chi connectivity index (χ1n) is 6.27. The monoisotopic (exact) mass is 275 g/mol. The molecule has 0 aliphatic rings. The summed E-state index contributed by atoms with van der Waals surface area (Å²) in [5.41, 5.74) is 0. The molecule has 4 heteroatoms. The standard InChI is InChI=1S/C16H18FNO2/c1-3-5-11-18(10-4-2)12-15(19)13-20-16-8-6-14(17)7-9-16/h2,6-9,15,19H,10-13H2,1H3/t15-/m0/s1. The Morgan fingerprint density at radius 2 is 2.05 bits per heavy atom. The SMILES string of the molecule is C#CCN(CC#CC)C[C@H](O)COc1ccc(F)cc1. The van der Waals surface area contributed by atoms with Crippen molar-refractivity contribution in [1.82, 2.24) is 4.90 Å². The van der Waals surface area contributed by atoms with Crippen LogP contribution in [0.3, 0.4) is 0 Å². The topological polar surface area (TPSA) is 32.7 Å². The maximum absolute atomic E-state index is 12.7. The molecule has 0 unspecified atom stereocenters. The third-order valence-corrected chi connectivity index (χ3v) is 2.52. The van der Waals surface area contributed by atoms with Gasteiger partial charge in [0.15, 0.2) is 0 Å². The van der Waals surface area contributed by atoms with Gasteiger partial charge in [0.2, 0.25) is 0 Å². The lowest BCUT2D eigenvalue weighted by molar-refractivity contribution is 0.0765. The van der Waals surface area contributed by atoms with Crippen LogP contribution in [0.25, 0.3) is 0 Å². The van der Waals surface area contributed by atoms with Crippen molar-refractivity contribution in [2.75, 3.05) is 26.2 Å². The Kier molecular flexibility index (Phi) is 7.21. The zero-order valence-electron chi connectivity index (χ0n) is 11.5. The fourth-order valence-electron chi connectivity index (χ4n) is 1.58. The predicted octanol–water partition coefficient (Wildman–Crippen LogP) is 1.52. The van der Waals surface area contributed by atoms with E-state index >= 15 is 0 Å². The molecule has 1 aromatic carbocycles. The van der Waals surface area contributed by atoms with Crippen molar-refractivity contribution in [3.05, 3.63) is 30.1 Å². The largest absolute Gasteiger partial charge is 0.491 e. The van der Waals surface area contributed by atoms with Crippen molar-refractivity contribution in [3.8, 4) is 29.9 Å². The fourth-order valence-corrected chi connectivity index (χ4v) is 1.58. The molecule has 1 atom stereocenters. The summed E-state index contributed by atoms with van der Waals surface area (Å²) >= 11 is 0. The lowest BCUT2D eigenvalue weighted by Gasteiger charge is -2.21. The minimum absolute atomic E-state index is 0.117. The summed E-state index contributed by atoms with van der Waals surface area (Å²) in [4.78, 5) is 1.86. The molecule has 0 aliphatic heterocycles. The number of halogens is 1. The third kappa shape index (κ3) is 6.24. The lowest BCUT2D eigenvalue weighted by Crippen LogP contribution is -2.36. The van der Waals surface area contributed by atoms with E-state index in [9.17, 15) is 9.50 Å². The van der Waals surface area contributed by atoms with E-state index in [-0.39, 0.29) is 12.4 Å². The second-order valence-corrected chi connectivity index (χ2v) is 4.22. The lowest BCUT2D eigenvalue weighted by atomic mass is 10.3. The van der Waals surface area contributed by atoms with E-state index in [0.717, 1.165) is 0 Å². The van der Waals surface area contributed by atoms with Crippen molar-refractivity contribution in [2.24, 2.45) is 0 Å². The van der Waals surface area contributed by atoms with Gasteiger partial charge in [-0.3, -0.25) is 4.90 Å². The number of nitrogens with zero attached hydrogens (tertiary/aromatic N) is 1. The van der Waals surface area contributed by atoms with E-state index in [1.165, 1.54) is 24.3 Å². The maximum atomic E-state index is 12.7. The number of hydrogen-bond donors (Lipinski definition) is 1. The number of ether oxygens (including phenoxy) is 1. The first kappa shape index (κ1) is 16.0. The molecule has 1 aromatic rings. The molecule has 3 nitrogen and oxygen atoms in total. The first-order chi connectivity index (χ1) is 9.65. The second kappa shape index (κ2) is 8.98. The van der Waals surface area contributed by atoms with Crippen LogP contribution in [0.1, 0.15) is 6.92 Å². The van der Waals surface area contributed by atoms with Gasteiger partial charge in [-0.2, -0.15) is 0 Å². The first-order valence-corrected chi connectivity index (χ1v) is 6.27. The van der Waals surface area contributed by atoms with Crippen LogP contribution in [0.5, 0.6) is 5.75 Å². The van der Waals surface area contributed by atoms with Crippen molar-refractivity contribution in [3.63, 3.8) is 0 Å². The minimum atomic E-state index is -0.688. The quantitative estimate of drug-likeness (QED) is 0.766. The number of hydrogen-bond acceptors (Lipinski definition) is 3. The average Bonchev–Trinajstić information content (AvgIpc) is 2.44. The van der Waals surface area contributed by atoms with Crippen LogP contribution in [0.4, 0.5) is 4.39 Å². The molecule has 1 rings (SSSR count). The van der Waals surface area contributed by atoms with E-state index in [2.05, 4.69) is 17.8 Å². The molecule has 20 heavy (non-hydrogen) atoms. The molecule has 0 saturated heterocycles.